The van der Waals surface area contributed by atoms with Gasteiger partial charge in [0, 0.05) is 31.5 Å². The fraction of sp³-hybridized carbons (Fsp3) is 0.500. The highest BCUT2D eigenvalue weighted by molar-refractivity contribution is 6.02. The van der Waals surface area contributed by atoms with E-state index in [4.69, 9.17) is 4.74 Å². The van der Waals surface area contributed by atoms with Gasteiger partial charge in [0.05, 0.1) is 29.5 Å². The van der Waals surface area contributed by atoms with Crippen molar-refractivity contribution in [3.05, 3.63) is 59.2 Å². The fourth-order valence-corrected chi connectivity index (χ4v) is 4.62. The molecule has 206 valence electrons. The molecule has 38 heavy (non-hydrogen) atoms. The number of aliphatic hydroxyl groups excluding tert-OH is 1. The second-order valence-corrected chi connectivity index (χ2v) is 10.5. The number of aliphatic hydroxyl groups is 1. The molecule has 10 heteroatoms. The summed E-state index contributed by atoms with van der Waals surface area (Å²) in [4.78, 5) is 29.7. The number of amides is 2. The Balaban J connectivity index is 1.59. The van der Waals surface area contributed by atoms with Gasteiger partial charge in [0.2, 0.25) is 5.91 Å². The van der Waals surface area contributed by atoms with E-state index < -0.39 is 23.9 Å². The van der Waals surface area contributed by atoms with E-state index in [1.165, 1.54) is 12.1 Å². The minimum Gasteiger partial charge on any atom is -0.486 e. The number of hydrogen-bond donors (Lipinski definition) is 2. The minimum atomic E-state index is -4.39. The number of ether oxygens (including phenoxy) is 1. The van der Waals surface area contributed by atoms with Crippen LogP contribution in [0.2, 0.25) is 0 Å². The average Bonchev–Trinajstić information content (AvgIpc) is 3.71. The van der Waals surface area contributed by atoms with Gasteiger partial charge in [0.25, 0.3) is 5.91 Å². The third-order valence-electron chi connectivity index (χ3n) is 7.12. The number of halogens is 3. The molecule has 2 N–H and O–H groups in total. The lowest BCUT2D eigenvalue weighted by Gasteiger charge is -2.38. The summed E-state index contributed by atoms with van der Waals surface area (Å²) >= 11 is 0. The van der Waals surface area contributed by atoms with Crippen LogP contribution >= 0.6 is 0 Å². The predicted octanol–water partition coefficient (Wildman–Crippen LogP) is 4.41. The molecule has 1 heterocycles. The first kappa shape index (κ1) is 27.9. The molecule has 0 unspecified atom stereocenters. The van der Waals surface area contributed by atoms with Crippen LogP contribution in [0.4, 0.5) is 18.9 Å². The van der Waals surface area contributed by atoms with Gasteiger partial charge < -0.3 is 20.1 Å². The van der Waals surface area contributed by atoms with Crippen LogP contribution < -0.4 is 10.1 Å². The molecule has 1 aliphatic carbocycles. The maximum atomic E-state index is 13.5. The van der Waals surface area contributed by atoms with Gasteiger partial charge in [-0.3, -0.25) is 14.5 Å². The van der Waals surface area contributed by atoms with Crippen molar-refractivity contribution in [2.45, 2.75) is 51.6 Å². The van der Waals surface area contributed by atoms with Gasteiger partial charge in [-0.2, -0.15) is 13.2 Å². The summed E-state index contributed by atoms with van der Waals surface area (Å²) in [5.74, 6) is -0.288. The van der Waals surface area contributed by atoms with Crippen LogP contribution in [0.5, 0.6) is 5.75 Å². The SMILES string of the molecule is C[C@@H]1CN([C@@H](C)CO)C(=O)c2cccc(NC(=O)C3CC3)c2O[C@@H]1CN(C)Cc1ccc(C(F)(F)F)cc1. The number of rotatable bonds is 8. The largest absolute Gasteiger partial charge is 0.486 e. The summed E-state index contributed by atoms with van der Waals surface area (Å²) in [6, 6.07) is 9.71. The summed E-state index contributed by atoms with van der Waals surface area (Å²) < 4.78 is 45.3. The molecule has 0 bridgehead atoms. The summed E-state index contributed by atoms with van der Waals surface area (Å²) in [6.07, 6.45) is -3.14. The minimum absolute atomic E-state index is 0.0365. The van der Waals surface area contributed by atoms with Crippen LogP contribution in [0.25, 0.3) is 0 Å². The van der Waals surface area contributed by atoms with E-state index >= 15 is 0 Å². The van der Waals surface area contributed by atoms with E-state index in [2.05, 4.69) is 5.32 Å². The van der Waals surface area contributed by atoms with Gasteiger partial charge in [-0.05, 0) is 56.6 Å². The Labute approximate surface area is 220 Å². The lowest BCUT2D eigenvalue weighted by atomic mass is 9.98. The third-order valence-corrected chi connectivity index (χ3v) is 7.12. The zero-order chi connectivity index (χ0) is 27.6. The molecular weight excluding hydrogens is 499 g/mol. The molecule has 0 radical (unpaired) electrons. The molecule has 2 aromatic carbocycles. The average molecular weight is 534 g/mol. The molecule has 7 nitrogen and oxygen atoms in total. The number of carbonyl (C=O) groups is 2. The van der Waals surface area contributed by atoms with E-state index in [0.717, 1.165) is 30.5 Å². The van der Waals surface area contributed by atoms with E-state index in [9.17, 15) is 27.9 Å². The van der Waals surface area contributed by atoms with E-state index in [1.54, 1.807) is 30.0 Å². The van der Waals surface area contributed by atoms with Gasteiger partial charge in [0.1, 0.15) is 6.10 Å². The Morgan fingerprint density at radius 3 is 2.50 bits per heavy atom. The first-order valence-electron chi connectivity index (χ1n) is 12.8. The number of para-hydroxylation sites is 1. The first-order valence-corrected chi connectivity index (χ1v) is 12.8. The van der Waals surface area contributed by atoms with Crippen molar-refractivity contribution < 1.29 is 32.6 Å². The topological polar surface area (TPSA) is 82.1 Å². The number of anilines is 1. The number of likely N-dealkylation sites (N-methyl/N-ethyl adjacent to an activating group) is 1. The summed E-state index contributed by atoms with van der Waals surface area (Å²) in [6.45, 7) is 4.69. The summed E-state index contributed by atoms with van der Waals surface area (Å²) in [5.41, 5.74) is 0.763. The smallest absolute Gasteiger partial charge is 0.416 e. The lowest BCUT2D eigenvalue weighted by molar-refractivity contribution is -0.137. The van der Waals surface area contributed by atoms with Gasteiger partial charge in [-0.15, -0.1) is 0 Å². The molecule has 2 aromatic rings. The van der Waals surface area contributed by atoms with Crippen molar-refractivity contribution in [2.24, 2.45) is 11.8 Å². The highest BCUT2D eigenvalue weighted by Crippen LogP contribution is 2.37. The van der Waals surface area contributed by atoms with Crippen molar-refractivity contribution in [1.82, 2.24) is 9.80 Å². The number of fused-ring (bicyclic) bond motifs is 1. The van der Waals surface area contributed by atoms with Gasteiger partial charge in [0.15, 0.2) is 5.75 Å². The van der Waals surface area contributed by atoms with Crippen molar-refractivity contribution in [3.63, 3.8) is 0 Å². The number of benzene rings is 2. The van der Waals surface area contributed by atoms with E-state index in [-0.39, 0.29) is 30.3 Å². The molecule has 0 spiro atoms. The zero-order valence-corrected chi connectivity index (χ0v) is 21.8. The normalized spacial score (nSPS) is 20.8. The molecule has 1 fully saturated rings. The Hall–Kier alpha value is -3.11. The molecule has 1 saturated carbocycles. The van der Waals surface area contributed by atoms with Crippen LogP contribution in [-0.2, 0) is 17.5 Å². The van der Waals surface area contributed by atoms with Gasteiger partial charge >= 0.3 is 6.18 Å². The van der Waals surface area contributed by atoms with Crippen LogP contribution in [0.1, 0.15) is 48.2 Å². The lowest BCUT2D eigenvalue weighted by Crippen LogP contribution is -2.49. The quantitative estimate of drug-likeness (QED) is 0.526. The van der Waals surface area contributed by atoms with Crippen LogP contribution in [0.15, 0.2) is 42.5 Å². The molecule has 3 atom stereocenters. The number of alkyl halides is 3. The molecule has 2 aliphatic rings. The van der Waals surface area contributed by atoms with Crippen molar-refractivity contribution in [1.29, 1.82) is 0 Å². The zero-order valence-electron chi connectivity index (χ0n) is 21.8. The van der Waals surface area contributed by atoms with Gasteiger partial charge in [-0.1, -0.05) is 25.1 Å². The summed E-state index contributed by atoms with van der Waals surface area (Å²) in [5, 5.41) is 12.7. The van der Waals surface area contributed by atoms with Crippen molar-refractivity contribution >= 4 is 17.5 Å². The monoisotopic (exact) mass is 533 g/mol. The highest BCUT2D eigenvalue weighted by Gasteiger charge is 2.36. The first-order chi connectivity index (χ1) is 18.0. The molecule has 0 aromatic heterocycles. The Bertz CT molecular complexity index is 1150. The number of nitrogens with zero attached hydrogens (tertiary/aromatic N) is 2. The molecule has 1 aliphatic heterocycles. The molecule has 2 amide bonds. The predicted molar refractivity (Wildman–Crippen MR) is 137 cm³/mol. The Morgan fingerprint density at radius 2 is 1.89 bits per heavy atom. The van der Waals surface area contributed by atoms with E-state index in [0.29, 0.717) is 36.6 Å². The highest BCUT2D eigenvalue weighted by atomic mass is 19.4. The number of carbonyl (C=O) groups excluding carboxylic acids is 2. The maximum Gasteiger partial charge on any atom is 0.416 e. The molecule has 0 saturated heterocycles. The number of nitrogens with one attached hydrogen (secondary N) is 1. The van der Waals surface area contributed by atoms with Crippen LogP contribution in [0, 0.1) is 11.8 Å². The van der Waals surface area contributed by atoms with Crippen molar-refractivity contribution in [2.75, 3.05) is 32.1 Å². The van der Waals surface area contributed by atoms with Gasteiger partial charge in [-0.25, -0.2) is 0 Å². The maximum absolute atomic E-state index is 13.5. The van der Waals surface area contributed by atoms with Crippen LogP contribution in [-0.4, -0.2) is 65.6 Å². The molecular formula is C28H34F3N3O4. The third kappa shape index (κ3) is 6.47. The fourth-order valence-electron chi connectivity index (χ4n) is 4.62. The van der Waals surface area contributed by atoms with Crippen LogP contribution in [0.3, 0.4) is 0 Å². The summed E-state index contributed by atoms with van der Waals surface area (Å²) in [7, 11) is 1.85. The number of hydrogen-bond acceptors (Lipinski definition) is 5. The second-order valence-electron chi connectivity index (χ2n) is 10.5. The van der Waals surface area contributed by atoms with E-state index in [1.807, 2.05) is 18.9 Å². The second kappa shape index (κ2) is 11.3. The van der Waals surface area contributed by atoms with Crippen molar-refractivity contribution in [3.8, 4) is 5.75 Å². The Morgan fingerprint density at radius 1 is 1.21 bits per heavy atom. The standard InChI is InChI=1S/C28H34F3N3O4/c1-17-13-34(18(2)16-35)27(37)22-5-4-6-23(32-26(36)20-9-10-20)25(22)38-24(17)15-33(3)14-19-7-11-21(12-8-19)28(29,30)31/h4-8,11-12,17-18,20,24,35H,9-10,13-16H2,1-3H3,(H,32,36)/t17-,18+,24-/m1/s1. The molecule has 4 rings (SSSR count). The Kier molecular flexibility index (Phi) is 8.32.